The van der Waals surface area contributed by atoms with Crippen molar-refractivity contribution in [1.29, 1.82) is 5.26 Å². The van der Waals surface area contributed by atoms with Crippen LogP contribution in [0.5, 0.6) is 11.6 Å². The Kier molecular flexibility index (Phi) is 5.13. The summed E-state index contributed by atoms with van der Waals surface area (Å²) in [7, 11) is 1.57. The molecule has 0 amide bonds. The number of hydrogen-bond donors (Lipinski definition) is 2. The van der Waals surface area contributed by atoms with E-state index in [4.69, 9.17) is 19.6 Å². The minimum atomic E-state index is -0.138. The van der Waals surface area contributed by atoms with Gasteiger partial charge in [0.15, 0.2) is 12.2 Å². The Labute approximate surface area is 156 Å². The van der Waals surface area contributed by atoms with Crippen molar-refractivity contribution in [1.82, 2.24) is 9.97 Å². The number of nitrogen functional groups attached to an aromatic ring is 1. The first-order valence-electron chi connectivity index (χ1n) is 8.23. The van der Waals surface area contributed by atoms with E-state index in [1.807, 2.05) is 32.0 Å². The van der Waals surface area contributed by atoms with E-state index in [9.17, 15) is 5.26 Å². The smallest absolute Gasteiger partial charge is 0.236 e. The molecule has 27 heavy (non-hydrogen) atoms. The molecule has 0 unspecified atom stereocenters. The van der Waals surface area contributed by atoms with Crippen LogP contribution in [0, 0.1) is 11.3 Å². The van der Waals surface area contributed by atoms with Gasteiger partial charge in [-0.3, -0.25) is 0 Å². The topological polar surface area (TPSA) is 119 Å². The SMILES string of the molecule is COc1cc(Nc2cc(N)c(C#N)c(OC(C)C)n2)ccc1-c1cnco1. The summed E-state index contributed by atoms with van der Waals surface area (Å²) in [5, 5.41) is 12.4. The Morgan fingerprint density at radius 1 is 1.30 bits per heavy atom. The van der Waals surface area contributed by atoms with Crippen LogP contribution in [0.25, 0.3) is 11.3 Å². The van der Waals surface area contributed by atoms with Crippen LogP contribution in [0.4, 0.5) is 17.2 Å². The maximum Gasteiger partial charge on any atom is 0.236 e. The van der Waals surface area contributed by atoms with Crippen LogP contribution in [0.15, 0.2) is 41.3 Å². The van der Waals surface area contributed by atoms with Gasteiger partial charge < -0.3 is 24.9 Å². The van der Waals surface area contributed by atoms with E-state index in [1.54, 1.807) is 25.4 Å². The van der Waals surface area contributed by atoms with Gasteiger partial charge in [-0.25, -0.2) is 4.98 Å². The molecule has 2 aromatic heterocycles. The number of rotatable bonds is 6. The van der Waals surface area contributed by atoms with Gasteiger partial charge in [-0.05, 0) is 26.0 Å². The van der Waals surface area contributed by atoms with Crippen molar-refractivity contribution in [2.75, 3.05) is 18.2 Å². The average Bonchev–Trinajstić information content (AvgIpc) is 3.15. The molecule has 0 aliphatic rings. The van der Waals surface area contributed by atoms with Crippen molar-refractivity contribution >= 4 is 17.2 Å². The molecular weight excluding hydrogens is 346 g/mol. The fourth-order valence-corrected chi connectivity index (χ4v) is 2.49. The van der Waals surface area contributed by atoms with E-state index in [0.29, 0.717) is 17.3 Å². The summed E-state index contributed by atoms with van der Waals surface area (Å²) in [6.07, 6.45) is 2.84. The first-order valence-corrected chi connectivity index (χ1v) is 8.23. The van der Waals surface area contributed by atoms with Crippen LogP contribution in [0.2, 0.25) is 0 Å². The molecule has 8 heteroatoms. The number of pyridine rings is 1. The third-order valence-electron chi connectivity index (χ3n) is 3.65. The van der Waals surface area contributed by atoms with Crippen LogP contribution < -0.4 is 20.5 Å². The number of nitrogens with zero attached hydrogens (tertiary/aromatic N) is 3. The number of nitrogens with two attached hydrogens (primary N) is 1. The minimum absolute atomic E-state index is 0.138. The van der Waals surface area contributed by atoms with Gasteiger partial charge in [0.05, 0.1) is 30.7 Å². The van der Waals surface area contributed by atoms with E-state index >= 15 is 0 Å². The summed E-state index contributed by atoms with van der Waals surface area (Å²) in [6, 6.07) is 9.11. The van der Waals surface area contributed by atoms with Crippen molar-refractivity contribution in [2.45, 2.75) is 20.0 Å². The zero-order valence-electron chi connectivity index (χ0n) is 15.2. The number of oxazole rings is 1. The van der Waals surface area contributed by atoms with E-state index in [-0.39, 0.29) is 23.2 Å². The van der Waals surface area contributed by atoms with Gasteiger partial charge in [0.25, 0.3) is 0 Å². The van der Waals surface area contributed by atoms with Crippen molar-refractivity contribution in [2.24, 2.45) is 0 Å². The van der Waals surface area contributed by atoms with Crippen molar-refractivity contribution in [3.05, 3.63) is 42.4 Å². The Bertz CT molecular complexity index is 978. The zero-order chi connectivity index (χ0) is 19.4. The number of hydrogen-bond acceptors (Lipinski definition) is 8. The largest absolute Gasteiger partial charge is 0.496 e. The molecule has 0 bridgehead atoms. The predicted octanol–water partition coefficient (Wildman–Crippen LogP) is 3.73. The van der Waals surface area contributed by atoms with Gasteiger partial charge in [0.1, 0.15) is 23.2 Å². The minimum Gasteiger partial charge on any atom is -0.496 e. The number of methoxy groups -OCH3 is 1. The number of benzene rings is 1. The number of anilines is 3. The lowest BCUT2D eigenvalue weighted by Crippen LogP contribution is -2.10. The van der Waals surface area contributed by atoms with Gasteiger partial charge in [0, 0.05) is 17.8 Å². The monoisotopic (exact) mass is 365 g/mol. The molecule has 3 N–H and O–H groups in total. The number of aromatic nitrogens is 2. The summed E-state index contributed by atoms with van der Waals surface area (Å²) in [5.41, 5.74) is 7.98. The first-order chi connectivity index (χ1) is 13.0. The van der Waals surface area contributed by atoms with Gasteiger partial charge >= 0.3 is 0 Å². The lowest BCUT2D eigenvalue weighted by Gasteiger charge is -2.15. The van der Waals surface area contributed by atoms with Gasteiger partial charge in [-0.15, -0.1) is 0 Å². The van der Waals surface area contributed by atoms with Crippen LogP contribution >= 0.6 is 0 Å². The Hall–Kier alpha value is -3.73. The number of nitrogens with one attached hydrogen (secondary N) is 1. The molecule has 2 heterocycles. The second kappa shape index (κ2) is 7.66. The van der Waals surface area contributed by atoms with Crippen LogP contribution in [-0.2, 0) is 0 Å². The molecule has 1 aromatic carbocycles. The van der Waals surface area contributed by atoms with E-state index < -0.39 is 0 Å². The summed E-state index contributed by atoms with van der Waals surface area (Å²) in [5.74, 6) is 1.86. The van der Waals surface area contributed by atoms with E-state index in [1.165, 1.54) is 6.39 Å². The van der Waals surface area contributed by atoms with Crippen molar-refractivity contribution in [3.63, 3.8) is 0 Å². The third-order valence-corrected chi connectivity index (χ3v) is 3.65. The summed E-state index contributed by atoms with van der Waals surface area (Å²) in [6.45, 7) is 3.71. The van der Waals surface area contributed by atoms with Gasteiger partial charge in [-0.1, -0.05) is 0 Å². The third kappa shape index (κ3) is 3.93. The summed E-state index contributed by atoms with van der Waals surface area (Å²) in [4.78, 5) is 8.28. The highest BCUT2D eigenvalue weighted by Crippen LogP contribution is 2.34. The normalized spacial score (nSPS) is 10.5. The fraction of sp³-hybridized carbons (Fsp3) is 0.211. The molecule has 0 radical (unpaired) electrons. The molecule has 138 valence electrons. The van der Waals surface area contributed by atoms with Gasteiger partial charge in [0.2, 0.25) is 5.88 Å². The highest BCUT2D eigenvalue weighted by atomic mass is 16.5. The predicted molar refractivity (Wildman–Crippen MR) is 101 cm³/mol. The highest BCUT2D eigenvalue weighted by molar-refractivity contribution is 5.73. The quantitative estimate of drug-likeness (QED) is 0.678. The Morgan fingerprint density at radius 2 is 2.11 bits per heavy atom. The molecule has 0 aliphatic carbocycles. The summed E-state index contributed by atoms with van der Waals surface area (Å²) < 4.78 is 16.4. The molecule has 0 atom stereocenters. The lowest BCUT2D eigenvalue weighted by atomic mass is 10.1. The molecule has 8 nitrogen and oxygen atoms in total. The van der Waals surface area contributed by atoms with E-state index in [2.05, 4.69) is 15.3 Å². The van der Waals surface area contributed by atoms with Crippen LogP contribution in [0.3, 0.4) is 0 Å². The second-order valence-corrected chi connectivity index (χ2v) is 5.96. The van der Waals surface area contributed by atoms with E-state index in [0.717, 1.165) is 11.3 Å². The fourth-order valence-electron chi connectivity index (χ4n) is 2.49. The average molecular weight is 365 g/mol. The molecular formula is C19H19N5O3. The molecule has 0 spiro atoms. The molecule has 0 fully saturated rings. The lowest BCUT2D eigenvalue weighted by molar-refractivity contribution is 0.232. The van der Waals surface area contributed by atoms with Gasteiger partial charge in [-0.2, -0.15) is 10.2 Å². The van der Waals surface area contributed by atoms with Crippen molar-refractivity contribution in [3.8, 4) is 29.0 Å². The van der Waals surface area contributed by atoms with Crippen LogP contribution in [0.1, 0.15) is 19.4 Å². The first kappa shape index (κ1) is 18.1. The van der Waals surface area contributed by atoms with Crippen molar-refractivity contribution < 1.29 is 13.9 Å². The molecule has 0 aliphatic heterocycles. The maximum atomic E-state index is 9.28. The number of ether oxygens (including phenoxy) is 2. The Morgan fingerprint density at radius 3 is 2.74 bits per heavy atom. The Balaban J connectivity index is 1.93. The molecule has 0 saturated heterocycles. The number of nitriles is 1. The molecule has 3 aromatic rings. The highest BCUT2D eigenvalue weighted by Gasteiger charge is 2.15. The van der Waals surface area contributed by atoms with Crippen LogP contribution in [-0.4, -0.2) is 23.2 Å². The maximum absolute atomic E-state index is 9.28. The standard InChI is InChI=1S/C19H19N5O3/c1-11(2)27-19-14(8-20)15(21)7-18(24-19)23-12-4-5-13(16(6-12)25-3)17-9-22-10-26-17/h4-7,9-11H,1-3H3,(H3,21,23,24). The zero-order valence-corrected chi connectivity index (χ0v) is 15.2. The molecule has 0 saturated carbocycles. The summed E-state index contributed by atoms with van der Waals surface area (Å²) >= 11 is 0. The molecule has 3 rings (SSSR count). The second-order valence-electron chi connectivity index (χ2n) is 5.96.